The number of imidazole rings is 1. The average molecular weight is 507 g/mol. The van der Waals surface area contributed by atoms with Gasteiger partial charge in [0.25, 0.3) is 10.0 Å². The van der Waals surface area contributed by atoms with Gasteiger partial charge >= 0.3 is 5.69 Å². The molecule has 0 saturated carbocycles. The first-order chi connectivity index (χ1) is 17.3. The number of hydrogen-bond acceptors (Lipinski definition) is 5. The van der Waals surface area contributed by atoms with Crippen molar-refractivity contribution in [1.29, 1.82) is 0 Å². The zero-order valence-electron chi connectivity index (χ0n) is 20.0. The van der Waals surface area contributed by atoms with E-state index in [2.05, 4.69) is 21.9 Å². The van der Waals surface area contributed by atoms with Gasteiger partial charge in [-0.05, 0) is 62.1 Å². The van der Waals surface area contributed by atoms with Gasteiger partial charge in [0.05, 0.1) is 22.0 Å². The van der Waals surface area contributed by atoms with Crippen LogP contribution in [0.1, 0.15) is 37.0 Å². The third-order valence-electron chi connectivity index (χ3n) is 6.81. The van der Waals surface area contributed by atoms with Crippen molar-refractivity contribution in [3.8, 4) is 0 Å². The Morgan fingerprint density at radius 1 is 1.06 bits per heavy atom. The maximum atomic E-state index is 12.5. The van der Waals surface area contributed by atoms with E-state index in [-0.39, 0.29) is 22.7 Å². The molecule has 1 aliphatic heterocycles. The lowest BCUT2D eigenvalue weighted by atomic mass is 9.98. The lowest BCUT2D eigenvalue weighted by Crippen LogP contribution is -2.41. The van der Waals surface area contributed by atoms with Crippen LogP contribution in [0.15, 0.2) is 82.5 Å². The summed E-state index contributed by atoms with van der Waals surface area (Å²) in [4.78, 5) is 15.4. The Labute approximate surface area is 210 Å². The van der Waals surface area contributed by atoms with E-state index in [4.69, 9.17) is 0 Å². The third-order valence-corrected chi connectivity index (χ3v) is 8.21. The van der Waals surface area contributed by atoms with Crippen LogP contribution in [0.2, 0.25) is 0 Å². The first-order valence-electron chi connectivity index (χ1n) is 12.1. The molecule has 0 radical (unpaired) electrons. The zero-order valence-corrected chi connectivity index (χ0v) is 20.8. The molecule has 2 heterocycles. The van der Waals surface area contributed by atoms with Crippen molar-refractivity contribution in [2.24, 2.45) is 0 Å². The van der Waals surface area contributed by atoms with Crippen LogP contribution in [0.4, 0.5) is 5.69 Å². The Balaban J connectivity index is 1.18. The van der Waals surface area contributed by atoms with E-state index >= 15 is 0 Å². The standard InChI is InChI=1S/C27H30N4O4S/c1-18(28-24-16-17-31-25-22(26(24)32)8-5-9-23(25)29-27(31)33)10-11-19-12-14-20(15-13-19)30-36(34,35)21-6-3-2-4-7-21/h2-9,12-15,18,24,26,28,30,32H,10-11,16-17H2,1H3,(H,29,33). The monoisotopic (exact) mass is 506 g/mol. The van der Waals surface area contributed by atoms with Crippen LogP contribution in [0, 0.1) is 0 Å². The van der Waals surface area contributed by atoms with Gasteiger partial charge in [0.1, 0.15) is 0 Å². The lowest BCUT2D eigenvalue weighted by Gasteiger charge is -2.26. The molecule has 5 rings (SSSR count). The summed E-state index contributed by atoms with van der Waals surface area (Å²) >= 11 is 0. The molecular formula is C27H30N4O4S. The quantitative estimate of drug-likeness (QED) is 0.292. The summed E-state index contributed by atoms with van der Waals surface area (Å²) in [6.07, 6.45) is 1.58. The molecule has 1 aromatic heterocycles. The van der Waals surface area contributed by atoms with Crippen molar-refractivity contribution in [3.63, 3.8) is 0 Å². The smallest absolute Gasteiger partial charge is 0.326 e. The maximum absolute atomic E-state index is 12.5. The van der Waals surface area contributed by atoms with Crippen LogP contribution in [-0.4, -0.2) is 35.2 Å². The van der Waals surface area contributed by atoms with Gasteiger partial charge in [-0.1, -0.05) is 42.5 Å². The summed E-state index contributed by atoms with van der Waals surface area (Å²) in [5, 5.41) is 14.7. The first-order valence-corrected chi connectivity index (χ1v) is 13.6. The molecule has 9 heteroatoms. The van der Waals surface area contributed by atoms with Crippen LogP contribution in [0.5, 0.6) is 0 Å². The molecule has 0 aliphatic carbocycles. The molecule has 8 nitrogen and oxygen atoms in total. The molecule has 0 fully saturated rings. The molecule has 4 aromatic rings. The number of rotatable bonds is 8. The number of sulfonamides is 1. The normalized spacial score (nSPS) is 18.6. The van der Waals surface area contributed by atoms with Crippen LogP contribution >= 0.6 is 0 Å². The average Bonchev–Trinajstić information content (AvgIpc) is 3.13. The minimum absolute atomic E-state index is 0.135. The molecule has 3 unspecified atom stereocenters. The van der Waals surface area contributed by atoms with E-state index in [1.807, 2.05) is 30.3 Å². The Morgan fingerprint density at radius 2 is 1.81 bits per heavy atom. The van der Waals surface area contributed by atoms with E-state index in [0.717, 1.165) is 35.0 Å². The SMILES string of the molecule is CC(CCc1ccc(NS(=O)(=O)c2ccccc2)cc1)NC1CCn2c(=O)[nH]c3cccc(c32)C1O. The molecule has 3 atom stereocenters. The van der Waals surface area contributed by atoms with Crippen molar-refractivity contribution in [3.05, 3.63) is 94.4 Å². The van der Waals surface area contributed by atoms with Crippen LogP contribution in [0.3, 0.4) is 0 Å². The number of nitrogens with zero attached hydrogens (tertiary/aromatic N) is 1. The number of aromatic nitrogens is 2. The van der Waals surface area contributed by atoms with E-state index in [1.54, 1.807) is 47.0 Å². The Morgan fingerprint density at radius 3 is 2.56 bits per heavy atom. The third kappa shape index (κ3) is 4.95. The highest BCUT2D eigenvalue weighted by atomic mass is 32.2. The summed E-state index contributed by atoms with van der Waals surface area (Å²) in [5.41, 5.74) is 3.77. The summed E-state index contributed by atoms with van der Waals surface area (Å²) in [6, 6.07) is 21.3. The fourth-order valence-corrected chi connectivity index (χ4v) is 5.98. The van der Waals surface area contributed by atoms with E-state index < -0.39 is 16.1 Å². The van der Waals surface area contributed by atoms with Gasteiger partial charge in [0.15, 0.2) is 0 Å². The van der Waals surface area contributed by atoms with Gasteiger partial charge in [-0.15, -0.1) is 0 Å². The Hall–Kier alpha value is -3.40. The molecule has 0 amide bonds. The molecular weight excluding hydrogens is 476 g/mol. The largest absolute Gasteiger partial charge is 0.387 e. The number of aliphatic hydroxyl groups excluding tert-OH is 1. The number of nitrogens with one attached hydrogen (secondary N) is 3. The number of H-pyrrole nitrogens is 1. The first kappa shape index (κ1) is 24.3. The molecule has 0 spiro atoms. The van der Waals surface area contributed by atoms with E-state index in [1.165, 1.54) is 0 Å². The second-order valence-electron chi connectivity index (χ2n) is 9.39. The summed E-state index contributed by atoms with van der Waals surface area (Å²) in [5.74, 6) is 0. The second-order valence-corrected chi connectivity index (χ2v) is 11.1. The molecule has 188 valence electrons. The fraction of sp³-hybridized carbons (Fsp3) is 0.296. The van der Waals surface area contributed by atoms with E-state index in [0.29, 0.717) is 18.7 Å². The Bertz CT molecular complexity index is 1510. The van der Waals surface area contributed by atoms with Gasteiger partial charge in [0.2, 0.25) is 0 Å². The highest BCUT2D eigenvalue weighted by Gasteiger charge is 2.29. The topological polar surface area (TPSA) is 116 Å². The van der Waals surface area contributed by atoms with Crippen molar-refractivity contribution >= 4 is 26.7 Å². The molecule has 3 aromatic carbocycles. The van der Waals surface area contributed by atoms with Crippen molar-refractivity contribution in [2.45, 2.75) is 55.8 Å². The summed E-state index contributed by atoms with van der Waals surface area (Å²) in [6.45, 7) is 2.63. The van der Waals surface area contributed by atoms with Gasteiger partial charge in [0, 0.05) is 29.9 Å². The van der Waals surface area contributed by atoms with Crippen molar-refractivity contribution in [2.75, 3.05) is 4.72 Å². The number of benzene rings is 3. The highest BCUT2D eigenvalue weighted by molar-refractivity contribution is 7.92. The number of hydrogen-bond donors (Lipinski definition) is 4. The van der Waals surface area contributed by atoms with Crippen LogP contribution in [-0.2, 0) is 23.0 Å². The zero-order chi connectivity index (χ0) is 25.3. The molecule has 0 bridgehead atoms. The molecule has 4 N–H and O–H groups in total. The van der Waals surface area contributed by atoms with Gasteiger partial charge < -0.3 is 15.4 Å². The number of anilines is 1. The number of aryl methyl sites for hydroxylation is 2. The predicted octanol–water partition coefficient (Wildman–Crippen LogP) is 3.55. The highest BCUT2D eigenvalue weighted by Crippen LogP contribution is 2.30. The number of aromatic amines is 1. The van der Waals surface area contributed by atoms with E-state index in [9.17, 15) is 18.3 Å². The van der Waals surface area contributed by atoms with Crippen molar-refractivity contribution < 1.29 is 13.5 Å². The summed E-state index contributed by atoms with van der Waals surface area (Å²) < 4.78 is 29.4. The minimum Gasteiger partial charge on any atom is -0.387 e. The second kappa shape index (κ2) is 9.93. The Kier molecular flexibility index (Phi) is 6.70. The molecule has 0 saturated heterocycles. The van der Waals surface area contributed by atoms with Gasteiger partial charge in [-0.3, -0.25) is 9.29 Å². The van der Waals surface area contributed by atoms with Crippen LogP contribution in [0.25, 0.3) is 11.0 Å². The lowest BCUT2D eigenvalue weighted by molar-refractivity contribution is 0.119. The van der Waals surface area contributed by atoms with Crippen LogP contribution < -0.4 is 15.7 Å². The van der Waals surface area contributed by atoms with Crippen molar-refractivity contribution in [1.82, 2.24) is 14.9 Å². The fourth-order valence-electron chi connectivity index (χ4n) is 4.90. The maximum Gasteiger partial charge on any atom is 0.326 e. The molecule has 36 heavy (non-hydrogen) atoms. The molecule has 1 aliphatic rings. The number of aliphatic hydroxyl groups is 1. The van der Waals surface area contributed by atoms with Gasteiger partial charge in [-0.2, -0.15) is 0 Å². The minimum atomic E-state index is -3.62. The predicted molar refractivity (Wildman–Crippen MR) is 141 cm³/mol. The number of para-hydroxylation sites is 1. The van der Waals surface area contributed by atoms with Gasteiger partial charge in [-0.25, -0.2) is 13.2 Å². The summed E-state index contributed by atoms with van der Waals surface area (Å²) in [7, 11) is -3.62.